The number of likely N-dealkylation sites (tertiary alicyclic amines) is 1. The third-order valence-electron chi connectivity index (χ3n) is 10.1. The number of methoxy groups -OCH3 is 1. The summed E-state index contributed by atoms with van der Waals surface area (Å²) in [6.07, 6.45) is 0.140. The molecule has 2 aliphatic heterocycles. The molecule has 7 nitrogen and oxygen atoms in total. The van der Waals surface area contributed by atoms with Gasteiger partial charge in [0.05, 0.1) is 18.7 Å². The number of esters is 1. The third-order valence-corrected chi connectivity index (χ3v) is 10.1. The second-order valence-electron chi connectivity index (χ2n) is 13.2. The number of carbonyl (C=O) groups excluding carboxylic acids is 2. The van der Waals surface area contributed by atoms with Gasteiger partial charge in [0, 0.05) is 60.1 Å². The smallest absolute Gasteiger partial charge is 0.416 e. The van der Waals surface area contributed by atoms with Crippen molar-refractivity contribution in [3.8, 4) is 29.1 Å². The van der Waals surface area contributed by atoms with Crippen molar-refractivity contribution in [2.24, 2.45) is 11.8 Å². The van der Waals surface area contributed by atoms with Gasteiger partial charge in [-0.15, -0.1) is 6.58 Å². The Morgan fingerprint density at radius 2 is 1.96 bits per heavy atom. The number of nitrogens with zero attached hydrogens (tertiary/aromatic N) is 2. The van der Waals surface area contributed by atoms with E-state index in [0.29, 0.717) is 42.2 Å². The Morgan fingerprint density at radius 3 is 2.59 bits per heavy atom. The molecule has 2 heterocycles. The van der Waals surface area contributed by atoms with Gasteiger partial charge in [0.2, 0.25) is 0 Å². The highest BCUT2D eigenvalue weighted by atomic mass is 19.4. The molecule has 0 unspecified atom stereocenters. The van der Waals surface area contributed by atoms with Crippen LogP contribution in [0.3, 0.4) is 0 Å². The summed E-state index contributed by atoms with van der Waals surface area (Å²) < 4.78 is 57.7. The summed E-state index contributed by atoms with van der Waals surface area (Å²) in [7, 11) is 1.57. The van der Waals surface area contributed by atoms with Crippen LogP contribution in [0.4, 0.5) is 13.2 Å². The van der Waals surface area contributed by atoms with Crippen LogP contribution in [0.25, 0.3) is 0 Å². The maximum atomic E-state index is 13.9. The molecular weight excluding hydrogens is 597 g/mol. The predicted octanol–water partition coefficient (Wildman–Crippen LogP) is 5.77. The molecule has 0 N–H and O–H groups in total. The molecule has 10 heteroatoms. The van der Waals surface area contributed by atoms with Crippen LogP contribution in [0.15, 0.2) is 43.0 Å². The molecule has 2 aliphatic carbocycles. The van der Waals surface area contributed by atoms with Crippen molar-refractivity contribution in [3.05, 3.63) is 65.2 Å². The zero-order valence-corrected chi connectivity index (χ0v) is 26.6. The van der Waals surface area contributed by atoms with Gasteiger partial charge in [-0.1, -0.05) is 25.8 Å². The minimum absolute atomic E-state index is 0.130. The van der Waals surface area contributed by atoms with Crippen LogP contribution >= 0.6 is 0 Å². The van der Waals surface area contributed by atoms with Crippen molar-refractivity contribution >= 4 is 11.9 Å². The summed E-state index contributed by atoms with van der Waals surface area (Å²) >= 11 is 0. The Balaban J connectivity index is 1.42. The van der Waals surface area contributed by atoms with E-state index >= 15 is 0 Å². The molecule has 1 amide bonds. The fourth-order valence-corrected chi connectivity index (χ4v) is 8.45. The molecule has 5 atom stereocenters. The molecule has 2 bridgehead atoms. The van der Waals surface area contributed by atoms with Gasteiger partial charge in [-0.25, -0.2) is 0 Å². The summed E-state index contributed by atoms with van der Waals surface area (Å²) in [6, 6.07) is 6.11. The minimum atomic E-state index is -4.45. The highest BCUT2D eigenvalue weighted by molar-refractivity contribution is 5.94. The van der Waals surface area contributed by atoms with Crippen LogP contribution < -0.4 is 14.2 Å². The Kier molecular flexibility index (Phi) is 8.34. The van der Waals surface area contributed by atoms with Gasteiger partial charge >= 0.3 is 12.1 Å². The van der Waals surface area contributed by atoms with Gasteiger partial charge in [-0.05, 0) is 68.3 Å². The third kappa shape index (κ3) is 5.32. The molecule has 2 aromatic rings. The minimum Gasteiger partial charge on any atom is -0.493 e. The molecule has 0 aromatic heterocycles. The van der Waals surface area contributed by atoms with Crippen molar-refractivity contribution in [3.63, 3.8) is 0 Å². The van der Waals surface area contributed by atoms with Gasteiger partial charge in [-0.2, -0.15) is 13.2 Å². The lowest BCUT2D eigenvalue weighted by molar-refractivity contribution is -0.138. The van der Waals surface area contributed by atoms with E-state index in [1.54, 1.807) is 13.2 Å². The second kappa shape index (κ2) is 12.0. The fraction of sp³-hybridized carbons (Fsp3) is 0.500. The predicted molar refractivity (Wildman–Crippen MR) is 166 cm³/mol. The van der Waals surface area contributed by atoms with Crippen LogP contribution in [0.2, 0.25) is 0 Å². The molecule has 1 saturated carbocycles. The number of benzene rings is 2. The van der Waals surface area contributed by atoms with Crippen LogP contribution in [0.5, 0.6) is 17.2 Å². The summed E-state index contributed by atoms with van der Waals surface area (Å²) in [5.41, 5.74) is 1.11. The van der Waals surface area contributed by atoms with E-state index in [1.807, 2.05) is 24.8 Å². The first-order valence-corrected chi connectivity index (χ1v) is 15.8. The second-order valence-corrected chi connectivity index (χ2v) is 13.2. The molecule has 4 aliphatic rings. The number of piperidine rings is 1. The molecule has 0 radical (unpaired) electrons. The van der Waals surface area contributed by atoms with Crippen molar-refractivity contribution in [1.82, 2.24) is 9.80 Å². The number of alkyl halides is 3. The number of hydrogen-bond acceptors (Lipinski definition) is 6. The maximum absolute atomic E-state index is 13.9. The Hall–Kier alpha value is -3.97. The topological polar surface area (TPSA) is 68.3 Å². The molecule has 1 saturated heterocycles. The molecule has 6 rings (SSSR count). The lowest BCUT2D eigenvalue weighted by Crippen LogP contribution is -2.69. The largest absolute Gasteiger partial charge is 0.493 e. The van der Waals surface area contributed by atoms with Crippen LogP contribution in [0, 0.1) is 23.7 Å². The number of halogens is 3. The number of ether oxygens (including phenoxy) is 3. The lowest BCUT2D eigenvalue weighted by atomic mass is 9.50. The molecule has 2 fully saturated rings. The van der Waals surface area contributed by atoms with E-state index in [9.17, 15) is 22.8 Å². The van der Waals surface area contributed by atoms with E-state index in [2.05, 4.69) is 23.3 Å². The van der Waals surface area contributed by atoms with Gasteiger partial charge in [0.15, 0.2) is 11.5 Å². The zero-order valence-electron chi connectivity index (χ0n) is 26.6. The summed E-state index contributed by atoms with van der Waals surface area (Å²) in [4.78, 5) is 30.4. The molecule has 1 spiro atoms. The average Bonchev–Trinajstić information content (AvgIpc) is 3.34. The van der Waals surface area contributed by atoms with E-state index in [0.717, 1.165) is 49.2 Å². The molecular formula is C36H39F3N2O5. The summed E-state index contributed by atoms with van der Waals surface area (Å²) in [5.74, 6) is 6.71. The van der Waals surface area contributed by atoms with Crippen LogP contribution in [0.1, 0.15) is 62.3 Å². The van der Waals surface area contributed by atoms with E-state index < -0.39 is 29.0 Å². The Labute approximate surface area is 267 Å². The SMILES string of the molecule is C=CCN1CC[C@]23c4c5c(OC(C)=O)cc(OC)c4O[C@H]2[C@@H](N(CC(C)C)C(=O)C#Cc2ccc(C(F)(F)F)cc2)CC[C@H]3[C@H]1C5. The first kappa shape index (κ1) is 32.0. The highest BCUT2D eigenvalue weighted by Gasteiger charge is 2.67. The first-order chi connectivity index (χ1) is 21.9. The van der Waals surface area contributed by atoms with E-state index in [-0.39, 0.29) is 30.0 Å². The zero-order chi connectivity index (χ0) is 33.0. The number of carbonyl (C=O) groups is 2. The number of hydrogen-bond donors (Lipinski definition) is 0. The van der Waals surface area contributed by atoms with E-state index in [4.69, 9.17) is 14.2 Å². The number of rotatable bonds is 7. The highest BCUT2D eigenvalue weighted by Crippen LogP contribution is 2.65. The van der Waals surface area contributed by atoms with Gasteiger partial charge in [0.25, 0.3) is 5.91 Å². The van der Waals surface area contributed by atoms with Gasteiger partial charge in [0.1, 0.15) is 11.9 Å². The Morgan fingerprint density at radius 1 is 1.22 bits per heavy atom. The van der Waals surface area contributed by atoms with Crippen LogP contribution in [-0.4, -0.2) is 66.6 Å². The Bertz CT molecular complexity index is 1610. The monoisotopic (exact) mass is 636 g/mol. The standard InChI is InChI=1S/C36H39F3N2O5/c1-6-16-40-17-15-35-26-12-13-27(41(20-21(2)3)31(43)14-9-23-7-10-24(11-8-23)36(37,38)39)34(35)46-33-30(44-5)19-29(45-22(4)42)25(32(33)35)18-28(26)40/h6-8,10-11,19,21,26-28,34H,1,12-13,15-18,20H2,2-5H3/t26-,27-,28+,34-,35-/m0/s1. The first-order valence-electron chi connectivity index (χ1n) is 15.8. The molecule has 2 aromatic carbocycles. The van der Waals surface area contributed by atoms with Crippen molar-refractivity contribution < 1.29 is 37.0 Å². The lowest BCUT2D eigenvalue weighted by Gasteiger charge is -2.60. The van der Waals surface area contributed by atoms with Gasteiger partial charge in [-0.3, -0.25) is 14.5 Å². The van der Waals surface area contributed by atoms with E-state index in [1.165, 1.54) is 19.1 Å². The molecule has 244 valence electrons. The summed E-state index contributed by atoms with van der Waals surface area (Å²) in [6.45, 7) is 11.5. The average molecular weight is 637 g/mol. The molecule has 46 heavy (non-hydrogen) atoms. The van der Waals surface area contributed by atoms with Crippen molar-refractivity contribution in [1.29, 1.82) is 0 Å². The van der Waals surface area contributed by atoms with Crippen LogP contribution in [-0.2, 0) is 27.6 Å². The van der Waals surface area contributed by atoms with Crippen molar-refractivity contribution in [2.45, 2.75) is 76.2 Å². The quantitative estimate of drug-likeness (QED) is 0.167. The normalized spacial score (nSPS) is 25.9. The van der Waals surface area contributed by atoms with Crippen molar-refractivity contribution in [2.75, 3.05) is 26.7 Å². The fourth-order valence-electron chi connectivity index (χ4n) is 8.45. The van der Waals surface area contributed by atoms with Gasteiger partial charge < -0.3 is 19.1 Å². The number of amides is 1. The summed E-state index contributed by atoms with van der Waals surface area (Å²) in [5, 5.41) is 0. The maximum Gasteiger partial charge on any atom is 0.416 e.